The SMILES string of the molecule is CCN(C)C[C@@H]1CCN(C(=O)Nc2ccccc2SC(C)C)C1. The van der Waals surface area contributed by atoms with Gasteiger partial charge in [0.15, 0.2) is 0 Å². The van der Waals surface area contributed by atoms with Gasteiger partial charge in [-0.05, 0) is 38.1 Å². The Hall–Kier alpha value is -1.20. The number of nitrogens with zero attached hydrogens (tertiary/aromatic N) is 2. The zero-order chi connectivity index (χ0) is 16.8. The van der Waals surface area contributed by atoms with Gasteiger partial charge in [0.25, 0.3) is 0 Å². The molecule has 0 radical (unpaired) electrons. The first-order valence-corrected chi connectivity index (χ1v) is 9.37. The molecular formula is C18H29N3OS. The molecule has 1 aromatic carbocycles. The van der Waals surface area contributed by atoms with Crippen LogP contribution >= 0.6 is 11.8 Å². The molecule has 0 saturated carbocycles. The van der Waals surface area contributed by atoms with Gasteiger partial charge in [0.2, 0.25) is 0 Å². The van der Waals surface area contributed by atoms with Crippen LogP contribution in [0.25, 0.3) is 0 Å². The van der Waals surface area contributed by atoms with E-state index >= 15 is 0 Å². The number of hydrogen-bond acceptors (Lipinski definition) is 3. The van der Waals surface area contributed by atoms with E-state index in [0.29, 0.717) is 11.2 Å². The summed E-state index contributed by atoms with van der Waals surface area (Å²) in [5.41, 5.74) is 0.922. The minimum Gasteiger partial charge on any atom is -0.324 e. The maximum Gasteiger partial charge on any atom is 0.321 e. The largest absolute Gasteiger partial charge is 0.324 e. The molecule has 1 N–H and O–H groups in total. The first-order valence-electron chi connectivity index (χ1n) is 8.49. The Morgan fingerprint density at radius 1 is 1.43 bits per heavy atom. The first kappa shape index (κ1) is 18.1. The highest BCUT2D eigenvalue weighted by Crippen LogP contribution is 2.30. The molecule has 1 aliphatic rings. The van der Waals surface area contributed by atoms with Crippen molar-refractivity contribution in [1.29, 1.82) is 0 Å². The Balaban J connectivity index is 1.93. The van der Waals surface area contributed by atoms with Crippen LogP contribution in [-0.4, -0.2) is 54.3 Å². The molecule has 0 bridgehead atoms. The van der Waals surface area contributed by atoms with Gasteiger partial charge >= 0.3 is 6.03 Å². The lowest BCUT2D eigenvalue weighted by molar-refractivity contribution is 0.218. The van der Waals surface area contributed by atoms with Crippen molar-refractivity contribution >= 4 is 23.5 Å². The second-order valence-electron chi connectivity index (χ2n) is 6.55. The molecule has 1 saturated heterocycles. The fourth-order valence-corrected chi connectivity index (χ4v) is 3.77. The third-order valence-electron chi connectivity index (χ3n) is 4.17. The molecule has 1 heterocycles. The maximum absolute atomic E-state index is 12.5. The Morgan fingerprint density at radius 2 is 2.17 bits per heavy atom. The van der Waals surface area contributed by atoms with E-state index in [4.69, 9.17) is 0 Å². The number of carbonyl (C=O) groups is 1. The molecule has 0 unspecified atom stereocenters. The Bertz CT molecular complexity index is 521. The van der Waals surface area contributed by atoms with Crippen LogP contribution in [0.4, 0.5) is 10.5 Å². The van der Waals surface area contributed by atoms with Gasteiger partial charge in [0.1, 0.15) is 0 Å². The summed E-state index contributed by atoms with van der Waals surface area (Å²) in [5.74, 6) is 0.589. The van der Waals surface area contributed by atoms with Crippen LogP contribution in [0.1, 0.15) is 27.2 Å². The predicted octanol–water partition coefficient (Wildman–Crippen LogP) is 3.99. The fourth-order valence-electron chi connectivity index (χ4n) is 2.86. The van der Waals surface area contributed by atoms with E-state index in [1.165, 1.54) is 0 Å². The fraction of sp³-hybridized carbons (Fsp3) is 0.611. The van der Waals surface area contributed by atoms with Crippen LogP contribution in [-0.2, 0) is 0 Å². The summed E-state index contributed by atoms with van der Waals surface area (Å²) in [6.07, 6.45) is 1.10. The number of amides is 2. The minimum atomic E-state index is 0.0310. The van der Waals surface area contributed by atoms with Gasteiger partial charge in [-0.15, -0.1) is 11.8 Å². The van der Waals surface area contributed by atoms with Crippen molar-refractivity contribution in [2.75, 3.05) is 38.5 Å². The Morgan fingerprint density at radius 3 is 2.87 bits per heavy atom. The zero-order valence-electron chi connectivity index (χ0n) is 14.7. The summed E-state index contributed by atoms with van der Waals surface area (Å²) in [4.78, 5) is 18.0. The lowest BCUT2D eigenvalue weighted by Crippen LogP contribution is -2.34. The highest BCUT2D eigenvalue weighted by Gasteiger charge is 2.27. The van der Waals surface area contributed by atoms with Crippen LogP contribution in [0.2, 0.25) is 0 Å². The van der Waals surface area contributed by atoms with Crippen molar-refractivity contribution in [1.82, 2.24) is 9.80 Å². The molecule has 0 aliphatic carbocycles. The molecule has 1 aliphatic heterocycles. The van der Waals surface area contributed by atoms with Crippen LogP contribution < -0.4 is 5.32 Å². The molecule has 2 amide bonds. The lowest BCUT2D eigenvalue weighted by Gasteiger charge is -2.21. The topological polar surface area (TPSA) is 35.6 Å². The lowest BCUT2D eigenvalue weighted by atomic mass is 10.1. The second-order valence-corrected chi connectivity index (χ2v) is 8.17. The van der Waals surface area contributed by atoms with E-state index in [2.05, 4.69) is 44.1 Å². The van der Waals surface area contributed by atoms with Crippen molar-refractivity contribution < 1.29 is 4.79 Å². The van der Waals surface area contributed by atoms with Crippen molar-refractivity contribution in [2.24, 2.45) is 5.92 Å². The number of benzene rings is 1. The molecule has 5 heteroatoms. The van der Waals surface area contributed by atoms with Gasteiger partial charge in [-0.25, -0.2) is 4.79 Å². The summed E-state index contributed by atoms with van der Waals surface area (Å²) in [5, 5.41) is 3.59. The van der Waals surface area contributed by atoms with E-state index in [9.17, 15) is 4.79 Å². The number of thioether (sulfide) groups is 1. The van der Waals surface area contributed by atoms with Gasteiger partial charge < -0.3 is 15.1 Å². The van der Waals surface area contributed by atoms with E-state index in [0.717, 1.165) is 43.2 Å². The zero-order valence-corrected chi connectivity index (χ0v) is 15.5. The van der Waals surface area contributed by atoms with Gasteiger partial charge in [-0.1, -0.05) is 32.9 Å². The highest BCUT2D eigenvalue weighted by molar-refractivity contribution is 8.00. The number of likely N-dealkylation sites (tertiary alicyclic amines) is 1. The smallest absolute Gasteiger partial charge is 0.321 e. The number of para-hydroxylation sites is 1. The van der Waals surface area contributed by atoms with Crippen LogP contribution in [0.3, 0.4) is 0 Å². The molecule has 4 nitrogen and oxygen atoms in total. The monoisotopic (exact) mass is 335 g/mol. The first-order chi connectivity index (χ1) is 11.0. The predicted molar refractivity (Wildman–Crippen MR) is 99.3 cm³/mol. The summed E-state index contributed by atoms with van der Waals surface area (Å²) < 4.78 is 0. The maximum atomic E-state index is 12.5. The van der Waals surface area contributed by atoms with Crippen molar-refractivity contribution in [3.05, 3.63) is 24.3 Å². The molecule has 1 fully saturated rings. The Kier molecular flexibility index (Phi) is 6.78. The molecular weight excluding hydrogens is 306 g/mol. The summed E-state index contributed by atoms with van der Waals surface area (Å²) in [6.45, 7) is 10.3. The molecule has 2 rings (SSSR count). The van der Waals surface area contributed by atoms with Crippen LogP contribution in [0, 0.1) is 5.92 Å². The second kappa shape index (κ2) is 8.60. The average molecular weight is 336 g/mol. The van der Waals surface area contributed by atoms with Gasteiger partial charge in [-0.2, -0.15) is 0 Å². The van der Waals surface area contributed by atoms with Crippen molar-refractivity contribution in [3.8, 4) is 0 Å². The van der Waals surface area contributed by atoms with E-state index < -0.39 is 0 Å². The standard InChI is InChI=1S/C18H29N3OS/c1-5-20(4)12-15-10-11-21(13-15)18(22)19-16-8-6-7-9-17(16)23-14(2)3/h6-9,14-15H,5,10-13H2,1-4H3,(H,19,22)/t15-/m0/s1. The van der Waals surface area contributed by atoms with Crippen molar-refractivity contribution in [2.45, 2.75) is 37.3 Å². The summed E-state index contributed by atoms with van der Waals surface area (Å²) in [7, 11) is 2.14. The Labute approximate surface area is 144 Å². The summed E-state index contributed by atoms with van der Waals surface area (Å²) in [6, 6.07) is 8.09. The van der Waals surface area contributed by atoms with E-state index in [1.807, 2.05) is 23.1 Å². The number of nitrogens with one attached hydrogen (secondary N) is 1. The number of hydrogen-bond donors (Lipinski definition) is 1. The molecule has 1 atom stereocenters. The van der Waals surface area contributed by atoms with Gasteiger partial charge in [-0.3, -0.25) is 0 Å². The molecule has 128 valence electrons. The number of urea groups is 1. The third kappa shape index (κ3) is 5.43. The van der Waals surface area contributed by atoms with Crippen LogP contribution in [0.15, 0.2) is 29.2 Å². The van der Waals surface area contributed by atoms with Crippen molar-refractivity contribution in [3.63, 3.8) is 0 Å². The molecule has 0 spiro atoms. The van der Waals surface area contributed by atoms with Gasteiger partial charge in [0.05, 0.1) is 5.69 Å². The number of anilines is 1. The number of rotatable bonds is 6. The molecule has 0 aromatic heterocycles. The average Bonchev–Trinajstić information content (AvgIpc) is 2.97. The summed E-state index contributed by atoms with van der Waals surface area (Å²) >= 11 is 1.78. The third-order valence-corrected chi connectivity index (χ3v) is 5.26. The highest BCUT2D eigenvalue weighted by atomic mass is 32.2. The van der Waals surface area contributed by atoms with Gasteiger partial charge in [0, 0.05) is 29.8 Å². The quantitative estimate of drug-likeness (QED) is 0.798. The van der Waals surface area contributed by atoms with E-state index in [-0.39, 0.29) is 6.03 Å². The molecule has 1 aromatic rings. The minimum absolute atomic E-state index is 0.0310. The van der Waals surface area contributed by atoms with E-state index in [1.54, 1.807) is 11.8 Å². The molecule has 23 heavy (non-hydrogen) atoms. The normalized spacial score (nSPS) is 18.0. The van der Waals surface area contributed by atoms with Crippen LogP contribution in [0.5, 0.6) is 0 Å². The number of carbonyl (C=O) groups excluding carboxylic acids is 1.